The van der Waals surface area contributed by atoms with Crippen molar-refractivity contribution in [3.8, 4) is 0 Å². The van der Waals surface area contributed by atoms with Gasteiger partial charge in [0.25, 0.3) is 0 Å². The van der Waals surface area contributed by atoms with Gasteiger partial charge in [-0.1, -0.05) is 24.3 Å². The highest BCUT2D eigenvalue weighted by Crippen LogP contribution is 2.31. The van der Waals surface area contributed by atoms with E-state index in [1.165, 1.54) is 5.57 Å². The second-order valence-electron chi connectivity index (χ2n) is 5.84. The molecule has 4 nitrogen and oxygen atoms in total. The maximum atomic E-state index is 11.6. The number of nitrogens with zero attached hydrogens (tertiary/aromatic N) is 2. The lowest BCUT2D eigenvalue weighted by atomic mass is 9.98. The lowest BCUT2D eigenvalue weighted by Gasteiger charge is -2.29. The van der Waals surface area contributed by atoms with E-state index in [4.69, 9.17) is 5.73 Å². The molecule has 110 valence electrons. The number of amides is 1. The third-order valence-electron chi connectivity index (χ3n) is 4.27. The number of fused-ring (bicyclic) bond motifs is 1. The smallest absolute Gasteiger partial charge is 0.323 e. The first-order valence-corrected chi connectivity index (χ1v) is 7.41. The predicted molar refractivity (Wildman–Crippen MR) is 86.2 cm³/mol. The molecule has 0 bridgehead atoms. The Balaban J connectivity index is 2.04. The molecule has 3 rings (SSSR count). The molecule has 2 heterocycles. The third-order valence-corrected chi connectivity index (χ3v) is 4.27. The monoisotopic (exact) mass is 283 g/mol. The molecular formula is C17H21N3O. The average Bonchev–Trinajstić information content (AvgIpc) is 2.87. The van der Waals surface area contributed by atoms with Gasteiger partial charge < -0.3 is 5.73 Å². The molecule has 0 fully saturated rings. The van der Waals surface area contributed by atoms with Crippen LogP contribution in [0.15, 0.2) is 36.5 Å². The molecule has 0 unspecified atom stereocenters. The highest BCUT2D eigenvalue weighted by Gasteiger charge is 2.19. The molecule has 1 aromatic heterocycles. The number of carbonyl (C=O) groups is 1. The molecule has 1 aliphatic rings. The van der Waals surface area contributed by atoms with Crippen molar-refractivity contribution in [3.05, 3.63) is 42.1 Å². The van der Waals surface area contributed by atoms with Crippen LogP contribution in [0.3, 0.4) is 0 Å². The van der Waals surface area contributed by atoms with Gasteiger partial charge in [-0.25, -0.2) is 4.79 Å². The Kier molecular flexibility index (Phi) is 3.55. The van der Waals surface area contributed by atoms with Crippen LogP contribution in [0.4, 0.5) is 4.79 Å². The first-order chi connectivity index (χ1) is 10.1. The fraction of sp³-hybridized carbons (Fsp3) is 0.353. The van der Waals surface area contributed by atoms with Crippen molar-refractivity contribution in [1.82, 2.24) is 9.47 Å². The van der Waals surface area contributed by atoms with Gasteiger partial charge in [0.2, 0.25) is 0 Å². The second kappa shape index (κ2) is 5.37. The van der Waals surface area contributed by atoms with Crippen molar-refractivity contribution in [2.45, 2.75) is 26.3 Å². The summed E-state index contributed by atoms with van der Waals surface area (Å²) in [5.74, 6) is 0. The van der Waals surface area contributed by atoms with Crippen molar-refractivity contribution >= 4 is 22.5 Å². The summed E-state index contributed by atoms with van der Waals surface area (Å²) in [6.45, 7) is 6.46. The van der Waals surface area contributed by atoms with Gasteiger partial charge in [-0.15, -0.1) is 0 Å². The Bertz CT molecular complexity index is 712. The Morgan fingerprint density at radius 3 is 2.67 bits per heavy atom. The van der Waals surface area contributed by atoms with E-state index in [1.54, 1.807) is 4.57 Å². The molecule has 0 atom stereocenters. The molecular weight excluding hydrogens is 262 g/mol. The fourth-order valence-corrected chi connectivity index (χ4v) is 3.02. The zero-order chi connectivity index (χ0) is 15.0. The van der Waals surface area contributed by atoms with Crippen LogP contribution in [-0.2, 0) is 0 Å². The summed E-state index contributed by atoms with van der Waals surface area (Å²) >= 11 is 0. The quantitative estimate of drug-likeness (QED) is 0.921. The van der Waals surface area contributed by atoms with Crippen LogP contribution in [0.2, 0.25) is 0 Å². The zero-order valence-electron chi connectivity index (χ0n) is 12.5. The number of aromatic nitrogens is 1. The van der Waals surface area contributed by atoms with E-state index in [-0.39, 0.29) is 0 Å². The maximum Gasteiger partial charge on any atom is 0.323 e. The van der Waals surface area contributed by atoms with E-state index in [1.807, 2.05) is 24.4 Å². The molecule has 0 saturated carbocycles. The van der Waals surface area contributed by atoms with Crippen LogP contribution >= 0.6 is 0 Å². The molecule has 1 aliphatic heterocycles. The fourth-order valence-electron chi connectivity index (χ4n) is 3.02. The van der Waals surface area contributed by atoms with Crippen LogP contribution in [0.1, 0.15) is 25.8 Å². The predicted octanol–water partition coefficient (Wildman–Crippen LogP) is 3.07. The standard InChI is InChI=1S/C17H21N3O/c1-12(2)19-9-7-13(8-10-19)15-11-20(17(18)21)16-6-4-3-5-14(15)16/h3-7,11-12H,8-10H2,1-2H3,(H2,18,21). The lowest BCUT2D eigenvalue weighted by Crippen LogP contribution is -2.34. The highest BCUT2D eigenvalue weighted by atomic mass is 16.2. The van der Waals surface area contributed by atoms with Crippen LogP contribution in [0.25, 0.3) is 16.5 Å². The summed E-state index contributed by atoms with van der Waals surface area (Å²) in [6.07, 6.45) is 5.16. The Labute approximate surface area is 124 Å². The number of para-hydroxylation sites is 1. The summed E-state index contributed by atoms with van der Waals surface area (Å²) < 4.78 is 1.54. The van der Waals surface area contributed by atoms with Gasteiger partial charge in [0, 0.05) is 36.3 Å². The molecule has 2 aromatic rings. The number of rotatable bonds is 2. The molecule has 0 spiro atoms. The van der Waals surface area contributed by atoms with Crippen LogP contribution in [0, 0.1) is 0 Å². The SMILES string of the molecule is CC(C)N1CC=C(c2cn(C(N)=O)c3ccccc23)CC1. The van der Waals surface area contributed by atoms with Crippen LogP contribution < -0.4 is 5.73 Å². The van der Waals surface area contributed by atoms with Gasteiger partial charge in [-0.2, -0.15) is 0 Å². The Hall–Kier alpha value is -2.07. The van der Waals surface area contributed by atoms with Gasteiger partial charge >= 0.3 is 6.03 Å². The highest BCUT2D eigenvalue weighted by molar-refractivity contribution is 5.98. The minimum absolute atomic E-state index is 0.433. The summed E-state index contributed by atoms with van der Waals surface area (Å²) in [5, 5.41) is 1.10. The normalized spacial score (nSPS) is 16.4. The Morgan fingerprint density at radius 2 is 2.05 bits per heavy atom. The number of benzene rings is 1. The summed E-state index contributed by atoms with van der Waals surface area (Å²) in [7, 11) is 0. The number of hydrogen-bond acceptors (Lipinski definition) is 2. The van der Waals surface area contributed by atoms with E-state index in [9.17, 15) is 4.79 Å². The first-order valence-electron chi connectivity index (χ1n) is 7.41. The zero-order valence-corrected chi connectivity index (χ0v) is 12.5. The maximum absolute atomic E-state index is 11.6. The third kappa shape index (κ3) is 2.47. The van der Waals surface area contributed by atoms with E-state index >= 15 is 0 Å². The first kappa shape index (κ1) is 13.9. The number of nitrogens with two attached hydrogens (primary N) is 1. The molecule has 4 heteroatoms. The molecule has 1 amide bonds. The number of hydrogen-bond donors (Lipinski definition) is 1. The summed E-state index contributed by atoms with van der Waals surface area (Å²) in [6, 6.07) is 8.06. The Morgan fingerprint density at radius 1 is 1.29 bits per heavy atom. The summed E-state index contributed by atoms with van der Waals surface area (Å²) in [4.78, 5) is 14.1. The lowest BCUT2D eigenvalue weighted by molar-refractivity contribution is 0.245. The van der Waals surface area contributed by atoms with Crippen LogP contribution in [0.5, 0.6) is 0 Å². The van der Waals surface area contributed by atoms with Gasteiger partial charge in [-0.05, 0) is 31.9 Å². The van der Waals surface area contributed by atoms with E-state index in [2.05, 4.69) is 30.9 Å². The van der Waals surface area contributed by atoms with Crippen LogP contribution in [-0.4, -0.2) is 34.6 Å². The van der Waals surface area contributed by atoms with E-state index < -0.39 is 6.03 Å². The minimum Gasteiger partial charge on any atom is -0.351 e. The molecule has 0 saturated heterocycles. The average molecular weight is 283 g/mol. The van der Waals surface area contributed by atoms with E-state index in [0.717, 1.165) is 36.0 Å². The van der Waals surface area contributed by atoms with Crippen molar-refractivity contribution in [2.75, 3.05) is 13.1 Å². The largest absolute Gasteiger partial charge is 0.351 e. The van der Waals surface area contributed by atoms with Crippen molar-refractivity contribution < 1.29 is 4.79 Å². The molecule has 0 aliphatic carbocycles. The van der Waals surface area contributed by atoms with Gasteiger partial charge in [0.15, 0.2) is 0 Å². The van der Waals surface area contributed by atoms with Gasteiger partial charge in [0.1, 0.15) is 0 Å². The number of carbonyl (C=O) groups excluding carboxylic acids is 1. The van der Waals surface area contributed by atoms with Crippen molar-refractivity contribution in [1.29, 1.82) is 0 Å². The van der Waals surface area contributed by atoms with Gasteiger partial charge in [-0.3, -0.25) is 9.47 Å². The summed E-state index contributed by atoms with van der Waals surface area (Å²) in [5.41, 5.74) is 8.80. The topological polar surface area (TPSA) is 51.3 Å². The second-order valence-corrected chi connectivity index (χ2v) is 5.84. The van der Waals surface area contributed by atoms with Crippen molar-refractivity contribution in [3.63, 3.8) is 0 Å². The molecule has 0 radical (unpaired) electrons. The van der Waals surface area contributed by atoms with Gasteiger partial charge in [0.05, 0.1) is 5.52 Å². The van der Waals surface area contributed by atoms with Crippen molar-refractivity contribution in [2.24, 2.45) is 5.73 Å². The molecule has 2 N–H and O–H groups in total. The minimum atomic E-state index is -0.433. The molecule has 1 aromatic carbocycles. The van der Waals surface area contributed by atoms with E-state index in [0.29, 0.717) is 6.04 Å². The number of primary amides is 1. The molecule has 21 heavy (non-hydrogen) atoms.